The molecule has 1 aromatic rings. The molecule has 1 N–H and O–H groups in total. The van der Waals surface area contributed by atoms with Crippen LogP contribution in [0.5, 0.6) is 5.75 Å². The molecule has 0 bridgehead atoms. The van der Waals surface area contributed by atoms with Crippen molar-refractivity contribution in [2.75, 3.05) is 6.61 Å². The number of pyridine rings is 1. The molecule has 0 unspecified atom stereocenters. The van der Waals surface area contributed by atoms with Gasteiger partial charge < -0.3 is 10.1 Å². The van der Waals surface area contributed by atoms with E-state index in [-0.39, 0.29) is 5.54 Å². The predicted octanol–water partition coefficient (Wildman–Crippen LogP) is 3.93. The molecule has 1 saturated carbocycles. The highest BCUT2D eigenvalue weighted by molar-refractivity contribution is 5.29. The molecule has 1 fully saturated rings. The molecule has 0 saturated heterocycles. The van der Waals surface area contributed by atoms with Crippen molar-refractivity contribution < 1.29 is 4.74 Å². The average Bonchev–Trinajstić information content (AvgIpc) is 2.44. The number of hydrogen-bond donors (Lipinski definition) is 1. The van der Waals surface area contributed by atoms with Crippen LogP contribution >= 0.6 is 0 Å². The third-order valence-corrected chi connectivity index (χ3v) is 3.88. The number of hydrogen-bond acceptors (Lipinski definition) is 3. The summed E-state index contributed by atoms with van der Waals surface area (Å²) < 4.78 is 6.04. The Hall–Kier alpha value is -1.09. The Balaban J connectivity index is 1.89. The first-order valence-electron chi connectivity index (χ1n) is 7.85. The zero-order valence-electron chi connectivity index (χ0n) is 13.1. The molecule has 20 heavy (non-hydrogen) atoms. The Labute approximate surface area is 123 Å². The smallest absolute Gasteiger partial charge is 0.142 e. The van der Waals surface area contributed by atoms with E-state index in [1.807, 2.05) is 12.4 Å². The molecule has 0 aromatic carbocycles. The van der Waals surface area contributed by atoms with Gasteiger partial charge in [-0.2, -0.15) is 0 Å². The standard InChI is InChI=1S/C17H28N2O/c1-17(2,3)19-11-15-9-10-18-12-16(15)20-13-14-7-5-4-6-8-14/h9-10,12,14,19H,4-8,11,13H2,1-3H3. The van der Waals surface area contributed by atoms with E-state index in [0.29, 0.717) is 0 Å². The summed E-state index contributed by atoms with van der Waals surface area (Å²) >= 11 is 0. The molecule has 1 aromatic heterocycles. The Morgan fingerprint density at radius 2 is 2.00 bits per heavy atom. The van der Waals surface area contributed by atoms with Crippen LogP contribution in [0.25, 0.3) is 0 Å². The first-order valence-corrected chi connectivity index (χ1v) is 7.85. The first kappa shape index (κ1) is 15.3. The van der Waals surface area contributed by atoms with Crippen LogP contribution < -0.4 is 10.1 Å². The maximum Gasteiger partial charge on any atom is 0.142 e. The molecular weight excluding hydrogens is 248 g/mol. The van der Waals surface area contributed by atoms with E-state index in [1.165, 1.54) is 37.7 Å². The lowest BCUT2D eigenvalue weighted by atomic mass is 9.90. The van der Waals surface area contributed by atoms with Gasteiger partial charge in [-0.25, -0.2) is 0 Å². The summed E-state index contributed by atoms with van der Waals surface area (Å²) in [5.74, 6) is 1.67. The second-order valence-electron chi connectivity index (χ2n) is 6.90. The third-order valence-electron chi connectivity index (χ3n) is 3.88. The molecule has 0 aliphatic heterocycles. The summed E-state index contributed by atoms with van der Waals surface area (Å²) in [5.41, 5.74) is 1.31. The minimum atomic E-state index is 0.115. The summed E-state index contributed by atoms with van der Waals surface area (Å²) in [6, 6.07) is 2.05. The van der Waals surface area contributed by atoms with E-state index in [9.17, 15) is 0 Å². The monoisotopic (exact) mass is 276 g/mol. The Bertz CT molecular complexity index is 406. The summed E-state index contributed by atoms with van der Waals surface area (Å²) in [4.78, 5) is 4.20. The molecule has 1 aliphatic carbocycles. The first-order chi connectivity index (χ1) is 9.54. The van der Waals surface area contributed by atoms with Crippen molar-refractivity contribution in [1.29, 1.82) is 0 Å². The zero-order valence-corrected chi connectivity index (χ0v) is 13.1. The predicted molar refractivity (Wildman–Crippen MR) is 82.9 cm³/mol. The fourth-order valence-corrected chi connectivity index (χ4v) is 2.61. The van der Waals surface area contributed by atoms with Crippen LogP contribution in [0.1, 0.15) is 58.4 Å². The molecule has 0 radical (unpaired) electrons. The van der Waals surface area contributed by atoms with Gasteiger partial charge in [0.05, 0.1) is 12.8 Å². The van der Waals surface area contributed by atoms with Gasteiger partial charge in [-0.05, 0) is 45.6 Å². The van der Waals surface area contributed by atoms with Crippen LogP contribution in [0.3, 0.4) is 0 Å². The third kappa shape index (κ3) is 5.12. The fourth-order valence-electron chi connectivity index (χ4n) is 2.61. The quantitative estimate of drug-likeness (QED) is 0.885. The lowest BCUT2D eigenvalue weighted by Crippen LogP contribution is -2.35. The number of ether oxygens (including phenoxy) is 1. The fraction of sp³-hybridized carbons (Fsp3) is 0.706. The lowest BCUT2D eigenvalue weighted by Gasteiger charge is -2.24. The molecule has 0 spiro atoms. The van der Waals surface area contributed by atoms with Crippen molar-refractivity contribution in [2.45, 2.75) is 65.0 Å². The van der Waals surface area contributed by atoms with E-state index in [4.69, 9.17) is 4.74 Å². The van der Waals surface area contributed by atoms with Gasteiger partial charge >= 0.3 is 0 Å². The maximum absolute atomic E-state index is 6.04. The summed E-state index contributed by atoms with van der Waals surface area (Å²) in [6.07, 6.45) is 10.4. The van der Waals surface area contributed by atoms with Gasteiger partial charge in [0.1, 0.15) is 5.75 Å². The molecular formula is C17H28N2O. The van der Waals surface area contributed by atoms with Crippen LogP contribution in [0.2, 0.25) is 0 Å². The van der Waals surface area contributed by atoms with Gasteiger partial charge in [-0.1, -0.05) is 19.3 Å². The Morgan fingerprint density at radius 3 is 2.70 bits per heavy atom. The molecule has 1 aliphatic rings. The van der Waals surface area contributed by atoms with Crippen LogP contribution in [-0.2, 0) is 6.54 Å². The highest BCUT2D eigenvalue weighted by atomic mass is 16.5. The van der Waals surface area contributed by atoms with Gasteiger partial charge in [-0.15, -0.1) is 0 Å². The van der Waals surface area contributed by atoms with Crippen LogP contribution in [0.15, 0.2) is 18.5 Å². The molecule has 112 valence electrons. The van der Waals surface area contributed by atoms with Crippen LogP contribution in [0, 0.1) is 5.92 Å². The van der Waals surface area contributed by atoms with Crippen LogP contribution in [0.4, 0.5) is 0 Å². The summed E-state index contributed by atoms with van der Waals surface area (Å²) in [5, 5.41) is 3.51. The highest BCUT2D eigenvalue weighted by Crippen LogP contribution is 2.25. The van der Waals surface area contributed by atoms with E-state index < -0.39 is 0 Å². The molecule has 2 rings (SSSR count). The van der Waals surface area contributed by atoms with E-state index in [0.717, 1.165) is 24.8 Å². The normalized spacial score (nSPS) is 17.1. The van der Waals surface area contributed by atoms with Crippen molar-refractivity contribution in [3.05, 3.63) is 24.0 Å². The number of rotatable bonds is 5. The molecule has 0 atom stereocenters. The topological polar surface area (TPSA) is 34.2 Å². The highest BCUT2D eigenvalue weighted by Gasteiger charge is 2.15. The van der Waals surface area contributed by atoms with Gasteiger partial charge in [0.2, 0.25) is 0 Å². The number of nitrogens with zero attached hydrogens (tertiary/aromatic N) is 1. The molecule has 0 amide bonds. The molecule has 3 nitrogen and oxygen atoms in total. The minimum Gasteiger partial charge on any atom is -0.491 e. The SMILES string of the molecule is CC(C)(C)NCc1ccncc1OCC1CCCCC1. The van der Waals surface area contributed by atoms with Gasteiger partial charge in [-0.3, -0.25) is 4.98 Å². The second kappa shape index (κ2) is 7.07. The largest absolute Gasteiger partial charge is 0.491 e. The van der Waals surface area contributed by atoms with Gasteiger partial charge in [0.15, 0.2) is 0 Å². The van der Waals surface area contributed by atoms with E-state index in [2.05, 4.69) is 37.1 Å². The minimum absolute atomic E-state index is 0.115. The van der Waals surface area contributed by atoms with Crippen molar-refractivity contribution in [1.82, 2.24) is 10.3 Å². The lowest BCUT2D eigenvalue weighted by molar-refractivity contribution is 0.206. The van der Waals surface area contributed by atoms with E-state index in [1.54, 1.807) is 0 Å². The number of aromatic nitrogens is 1. The Kier molecular flexibility index (Phi) is 5.41. The summed E-state index contributed by atoms with van der Waals surface area (Å²) in [6.45, 7) is 8.20. The maximum atomic E-state index is 6.04. The van der Waals surface area contributed by atoms with Crippen molar-refractivity contribution >= 4 is 0 Å². The van der Waals surface area contributed by atoms with Gasteiger partial charge in [0, 0.05) is 23.8 Å². The van der Waals surface area contributed by atoms with E-state index >= 15 is 0 Å². The second-order valence-corrected chi connectivity index (χ2v) is 6.90. The average molecular weight is 276 g/mol. The van der Waals surface area contributed by atoms with Crippen LogP contribution in [-0.4, -0.2) is 17.1 Å². The zero-order chi connectivity index (χ0) is 14.4. The summed E-state index contributed by atoms with van der Waals surface area (Å²) in [7, 11) is 0. The molecule has 1 heterocycles. The van der Waals surface area contributed by atoms with Crippen molar-refractivity contribution in [3.8, 4) is 5.75 Å². The van der Waals surface area contributed by atoms with Crippen molar-refractivity contribution in [2.24, 2.45) is 5.92 Å². The van der Waals surface area contributed by atoms with Gasteiger partial charge in [0.25, 0.3) is 0 Å². The molecule has 3 heteroatoms. The van der Waals surface area contributed by atoms with Crippen molar-refractivity contribution in [3.63, 3.8) is 0 Å². The number of nitrogens with one attached hydrogen (secondary N) is 1. The Morgan fingerprint density at radius 1 is 1.25 bits per heavy atom.